The van der Waals surface area contributed by atoms with Crippen molar-refractivity contribution in [2.24, 2.45) is 0 Å². The third-order valence-electron chi connectivity index (χ3n) is 5.00. The highest BCUT2D eigenvalue weighted by molar-refractivity contribution is 5.99. The zero-order chi connectivity index (χ0) is 22.0. The maximum Gasteiger partial charge on any atom is 0.349 e. The predicted molar refractivity (Wildman–Crippen MR) is 117 cm³/mol. The van der Waals surface area contributed by atoms with Crippen LogP contribution in [0.3, 0.4) is 0 Å². The van der Waals surface area contributed by atoms with Crippen LogP contribution in [0.4, 0.5) is 0 Å². The molecule has 0 aliphatic carbocycles. The topological polar surface area (TPSA) is 93.1 Å². The molecule has 0 aliphatic rings. The van der Waals surface area contributed by atoms with Gasteiger partial charge in [-0.15, -0.1) is 0 Å². The predicted octanol–water partition coefficient (Wildman–Crippen LogP) is 4.80. The van der Waals surface area contributed by atoms with E-state index < -0.39 is 24.6 Å². The average Bonchev–Trinajstić information content (AvgIpc) is 2.76. The zero-order valence-corrected chi connectivity index (χ0v) is 18.3. The number of carbonyl (C=O) groups excluding carboxylic acids is 2. The van der Waals surface area contributed by atoms with Crippen LogP contribution in [-0.2, 0) is 9.53 Å². The molecule has 30 heavy (non-hydrogen) atoms. The van der Waals surface area contributed by atoms with E-state index >= 15 is 0 Å². The van der Waals surface area contributed by atoms with Crippen molar-refractivity contribution in [2.45, 2.75) is 90.1 Å². The van der Waals surface area contributed by atoms with Crippen molar-refractivity contribution in [1.29, 1.82) is 0 Å². The van der Waals surface area contributed by atoms with E-state index in [0.29, 0.717) is 12.4 Å². The normalized spacial score (nSPS) is 11.8. The lowest BCUT2D eigenvalue weighted by atomic mass is 10.1. The maximum atomic E-state index is 12.1. The molecule has 170 valence electrons. The SMILES string of the molecule is CCCCCCCCCCCCCCOc1ccccc1C(=O)OC(=O)C(O)CO. The van der Waals surface area contributed by atoms with Crippen LogP contribution in [0.2, 0.25) is 0 Å². The molecule has 2 N–H and O–H groups in total. The van der Waals surface area contributed by atoms with Crippen molar-refractivity contribution >= 4 is 11.9 Å². The maximum absolute atomic E-state index is 12.1. The Labute approximate surface area is 180 Å². The molecular formula is C24H38O6. The van der Waals surface area contributed by atoms with Crippen molar-refractivity contribution in [3.8, 4) is 5.75 Å². The fourth-order valence-electron chi connectivity index (χ4n) is 3.18. The lowest BCUT2D eigenvalue weighted by molar-refractivity contribution is -0.149. The number of aliphatic hydroxyl groups excluding tert-OH is 2. The number of hydrogen-bond donors (Lipinski definition) is 2. The molecule has 0 aliphatic heterocycles. The Balaban J connectivity index is 2.18. The number of carbonyl (C=O) groups is 2. The number of benzene rings is 1. The number of para-hydroxylation sites is 1. The molecule has 0 bridgehead atoms. The van der Waals surface area contributed by atoms with Gasteiger partial charge in [-0.1, -0.05) is 89.7 Å². The van der Waals surface area contributed by atoms with E-state index in [2.05, 4.69) is 11.7 Å². The summed E-state index contributed by atoms with van der Waals surface area (Å²) in [6.07, 6.45) is 13.4. The second-order valence-corrected chi connectivity index (χ2v) is 7.64. The minimum atomic E-state index is -1.73. The Bertz CT molecular complexity index is 601. The summed E-state index contributed by atoms with van der Waals surface area (Å²) in [6, 6.07) is 6.52. The largest absolute Gasteiger partial charge is 0.493 e. The molecule has 1 rings (SSSR count). The molecule has 0 saturated heterocycles. The van der Waals surface area contributed by atoms with Gasteiger partial charge in [0.05, 0.1) is 13.2 Å². The highest BCUT2D eigenvalue weighted by Gasteiger charge is 2.22. The Kier molecular flexibility index (Phi) is 14.7. The molecule has 6 nitrogen and oxygen atoms in total. The molecule has 1 unspecified atom stereocenters. The second kappa shape index (κ2) is 16.8. The first kappa shape index (κ1) is 26.1. The van der Waals surface area contributed by atoms with Crippen LogP contribution in [0.5, 0.6) is 5.75 Å². The first-order valence-corrected chi connectivity index (χ1v) is 11.4. The van der Waals surface area contributed by atoms with E-state index in [1.54, 1.807) is 18.2 Å². The van der Waals surface area contributed by atoms with Gasteiger partial charge in [-0.3, -0.25) is 0 Å². The lowest BCUT2D eigenvalue weighted by Gasteiger charge is -2.11. The van der Waals surface area contributed by atoms with Crippen molar-refractivity contribution in [3.63, 3.8) is 0 Å². The van der Waals surface area contributed by atoms with E-state index in [0.717, 1.165) is 12.8 Å². The minimum absolute atomic E-state index is 0.120. The molecule has 0 spiro atoms. The van der Waals surface area contributed by atoms with E-state index in [-0.39, 0.29) is 5.56 Å². The lowest BCUT2D eigenvalue weighted by Crippen LogP contribution is -2.28. The van der Waals surface area contributed by atoms with Gasteiger partial charge in [0.2, 0.25) is 0 Å². The van der Waals surface area contributed by atoms with Gasteiger partial charge in [0, 0.05) is 0 Å². The highest BCUT2D eigenvalue weighted by Crippen LogP contribution is 2.20. The van der Waals surface area contributed by atoms with Gasteiger partial charge in [-0.05, 0) is 18.6 Å². The summed E-state index contributed by atoms with van der Waals surface area (Å²) in [7, 11) is 0. The minimum Gasteiger partial charge on any atom is -0.493 e. The number of esters is 2. The summed E-state index contributed by atoms with van der Waals surface area (Å²) in [5.74, 6) is -1.74. The zero-order valence-electron chi connectivity index (χ0n) is 18.3. The molecule has 0 radical (unpaired) electrons. The molecule has 0 amide bonds. The molecule has 1 atom stereocenters. The van der Waals surface area contributed by atoms with E-state index in [9.17, 15) is 14.7 Å². The van der Waals surface area contributed by atoms with Gasteiger partial charge in [0.1, 0.15) is 11.3 Å². The van der Waals surface area contributed by atoms with E-state index in [4.69, 9.17) is 9.84 Å². The smallest absolute Gasteiger partial charge is 0.349 e. The first-order chi connectivity index (χ1) is 14.6. The number of hydrogen-bond acceptors (Lipinski definition) is 6. The molecule has 0 heterocycles. The standard InChI is InChI=1S/C24H38O6/c1-2-3-4-5-6-7-8-9-10-11-12-15-18-29-22-17-14-13-16-20(22)23(27)30-24(28)21(26)19-25/h13-14,16-17,21,25-26H,2-12,15,18-19H2,1H3. The fourth-order valence-corrected chi connectivity index (χ4v) is 3.18. The highest BCUT2D eigenvalue weighted by atomic mass is 16.6. The molecule has 6 heteroatoms. The van der Waals surface area contributed by atoms with Crippen LogP contribution in [0.1, 0.15) is 94.3 Å². The van der Waals surface area contributed by atoms with Gasteiger partial charge in [0.25, 0.3) is 0 Å². The number of unbranched alkanes of at least 4 members (excludes halogenated alkanes) is 11. The van der Waals surface area contributed by atoms with Crippen LogP contribution in [0.25, 0.3) is 0 Å². The van der Waals surface area contributed by atoms with E-state index in [1.807, 2.05) is 0 Å². The Morgan fingerprint density at radius 1 is 0.867 bits per heavy atom. The summed E-state index contributed by atoms with van der Waals surface area (Å²) in [5.41, 5.74) is 0.120. The summed E-state index contributed by atoms with van der Waals surface area (Å²) in [4.78, 5) is 23.6. The Morgan fingerprint density at radius 3 is 1.97 bits per heavy atom. The molecular weight excluding hydrogens is 384 g/mol. The van der Waals surface area contributed by atoms with Crippen LogP contribution < -0.4 is 4.74 Å². The van der Waals surface area contributed by atoms with Gasteiger partial charge in [0.15, 0.2) is 6.10 Å². The molecule has 1 aromatic carbocycles. The van der Waals surface area contributed by atoms with Crippen LogP contribution in [-0.4, -0.2) is 41.5 Å². The van der Waals surface area contributed by atoms with Crippen molar-refractivity contribution in [2.75, 3.05) is 13.2 Å². The summed E-state index contributed by atoms with van der Waals surface area (Å²) in [6.45, 7) is 1.92. The van der Waals surface area contributed by atoms with Crippen LogP contribution in [0, 0.1) is 0 Å². The number of ether oxygens (including phenoxy) is 2. The van der Waals surface area contributed by atoms with Crippen LogP contribution in [0.15, 0.2) is 24.3 Å². The van der Waals surface area contributed by atoms with E-state index in [1.165, 1.54) is 70.3 Å². The van der Waals surface area contributed by atoms with Crippen molar-refractivity contribution < 1.29 is 29.3 Å². The summed E-state index contributed by atoms with van der Waals surface area (Å²) in [5, 5.41) is 18.0. The Hall–Kier alpha value is -1.92. The first-order valence-electron chi connectivity index (χ1n) is 11.4. The van der Waals surface area contributed by atoms with Gasteiger partial charge >= 0.3 is 11.9 Å². The third kappa shape index (κ3) is 11.3. The van der Waals surface area contributed by atoms with Gasteiger partial charge < -0.3 is 19.7 Å². The average molecular weight is 423 g/mol. The molecule has 1 aromatic rings. The number of aliphatic hydroxyl groups is 2. The van der Waals surface area contributed by atoms with Gasteiger partial charge in [-0.2, -0.15) is 0 Å². The molecule has 0 fully saturated rings. The van der Waals surface area contributed by atoms with Crippen LogP contribution >= 0.6 is 0 Å². The molecule has 0 saturated carbocycles. The summed E-state index contributed by atoms with van der Waals surface area (Å²) < 4.78 is 10.3. The van der Waals surface area contributed by atoms with Crippen molar-refractivity contribution in [3.05, 3.63) is 29.8 Å². The van der Waals surface area contributed by atoms with Crippen molar-refractivity contribution in [1.82, 2.24) is 0 Å². The monoisotopic (exact) mass is 422 g/mol. The fraction of sp³-hybridized carbons (Fsp3) is 0.667. The quantitative estimate of drug-likeness (QED) is 0.213. The summed E-state index contributed by atoms with van der Waals surface area (Å²) >= 11 is 0. The Morgan fingerprint density at radius 2 is 1.40 bits per heavy atom. The third-order valence-corrected chi connectivity index (χ3v) is 5.00. The molecule has 0 aromatic heterocycles. The van der Waals surface area contributed by atoms with Gasteiger partial charge in [-0.25, -0.2) is 9.59 Å². The second-order valence-electron chi connectivity index (χ2n) is 7.64. The number of rotatable bonds is 17.